The van der Waals surface area contributed by atoms with E-state index in [1.165, 1.54) is 12.5 Å². The smallest absolute Gasteiger partial charge is 0.335 e. The molecule has 4 saturated heterocycles. The van der Waals surface area contributed by atoms with Crippen LogP contribution in [0.2, 0.25) is 0 Å². The highest BCUT2D eigenvalue weighted by Crippen LogP contribution is 2.76. The van der Waals surface area contributed by atoms with Crippen LogP contribution in [-0.4, -0.2) is 244 Å². The van der Waals surface area contributed by atoms with Gasteiger partial charge in [0.15, 0.2) is 31.3 Å². The van der Waals surface area contributed by atoms with E-state index in [0.29, 0.717) is 51.4 Å². The molecule has 24 heteroatoms. The molecule has 0 radical (unpaired) electrons. The summed E-state index contributed by atoms with van der Waals surface area (Å²) in [5.74, 6) is -1.99. The molecular weight excluding hydrogens is 1020 g/mol. The minimum Gasteiger partial charge on any atom is -0.479 e. The summed E-state index contributed by atoms with van der Waals surface area (Å²) in [5, 5.41) is 164. The van der Waals surface area contributed by atoms with Gasteiger partial charge in [-0.2, -0.15) is 0 Å². The zero-order valence-corrected chi connectivity index (χ0v) is 44.9. The molecule has 5 aliphatic carbocycles. The number of allylic oxidation sites excluding steroid dienone is 2. The van der Waals surface area contributed by atoms with Gasteiger partial charge >= 0.3 is 5.97 Å². The van der Waals surface area contributed by atoms with Crippen LogP contribution in [0.5, 0.6) is 0 Å². The van der Waals surface area contributed by atoms with Crippen LogP contribution >= 0.6 is 0 Å². The van der Waals surface area contributed by atoms with Crippen molar-refractivity contribution in [3.05, 3.63) is 11.6 Å². The summed E-state index contributed by atoms with van der Waals surface area (Å²) >= 11 is 0. The van der Waals surface area contributed by atoms with Gasteiger partial charge in [0, 0.05) is 16.2 Å². The molecule has 0 bridgehead atoms. The van der Waals surface area contributed by atoms with Crippen LogP contribution in [0.4, 0.5) is 0 Å². The van der Waals surface area contributed by atoms with Gasteiger partial charge in [-0.25, -0.2) is 4.79 Å². The van der Waals surface area contributed by atoms with Crippen LogP contribution in [-0.2, 0) is 42.7 Å². The molecule has 4 saturated carbocycles. The first-order valence-electron chi connectivity index (χ1n) is 27.5. The fourth-order valence-corrected chi connectivity index (χ4v) is 16.4. The van der Waals surface area contributed by atoms with Crippen LogP contribution in [0.15, 0.2) is 11.6 Å². The lowest BCUT2D eigenvalue weighted by Crippen LogP contribution is -2.69. The number of hydrogen-bond acceptors (Lipinski definition) is 23. The molecule has 4 heterocycles. The van der Waals surface area contributed by atoms with E-state index in [1.807, 2.05) is 13.8 Å². The first kappa shape index (κ1) is 59.9. The summed E-state index contributed by atoms with van der Waals surface area (Å²) in [7, 11) is 0. The standard InChI is InChI=1S/C53H86O24/c1-21-29(58)32(61)37(66)45(71-21)75-39-33(62)31(60)25(17-54)72-46(39)76-40-35(64)34(63)38(43(68)69)74-47(40)73-28-11-12-50(4)26(51(28,5)20-56)10-13-53(7)27(50)9-8-22-23-16-48(2,19-55)41(67)42(49(23,3)14-15-52(22,53)6)77-44-36(65)30(59)24(57)18-70-44/h8,21,23-42,44-47,54-67H,9-20H2,1-7H3,(H,68,69). The van der Waals surface area contributed by atoms with E-state index in [2.05, 4.69) is 33.8 Å². The molecule has 0 spiro atoms. The Hall–Kier alpha value is -1.67. The fourth-order valence-electron chi connectivity index (χ4n) is 16.4. The van der Waals surface area contributed by atoms with E-state index in [-0.39, 0.29) is 36.4 Å². The maximum absolute atomic E-state index is 12.6. The van der Waals surface area contributed by atoms with Crippen LogP contribution < -0.4 is 0 Å². The Labute approximate surface area is 447 Å². The summed E-state index contributed by atoms with van der Waals surface area (Å²) < 4.78 is 48.4. The van der Waals surface area contributed by atoms with Gasteiger partial charge in [0.1, 0.15) is 79.4 Å². The molecule has 4 aliphatic heterocycles. The maximum atomic E-state index is 12.6. The number of carbonyl (C=O) groups is 1. The Bertz CT molecular complexity index is 2140. The minimum absolute atomic E-state index is 0.0545. The second-order valence-corrected chi connectivity index (χ2v) is 25.8. The van der Waals surface area contributed by atoms with Crippen molar-refractivity contribution in [1.29, 1.82) is 0 Å². The number of aliphatic hydroxyl groups is 14. The molecule has 0 amide bonds. The lowest BCUT2D eigenvalue weighted by Gasteiger charge is -2.72. The average molecular weight is 1110 g/mol. The lowest BCUT2D eigenvalue weighted by atomic mass is 9.33. The number of carboxylic acids is 1. The van der Waals surface area contributed by atoms with E-state index >= 15 is 0 Å². The van der Waals surface area contributed by atoms with Crippen molar-refractivity contribution in [1.82, 2.24) is 0 Å². The number of carboxylic acid groups (broad SMARTS) is 1. The normalized spacial score (nSPS) is 56.9. The van der Waals surface area contributed by atoms with Crippen molar-refractivity contribution in [2.24, 2.45) is 50.2 Å². The SMILES string of the molecule is CC1OC(OC2C(OC3C(OC4CCC5(C)C(CCC6(C)C5CC=C5C7CC(C)(CO)C(O)C(OC8OCC(O)C(O)C8O)C7(C)CCC56C)C4(C)CO)OC(C(=O)O)C(O)C3O)OC(CO)C(O)C2O)C(O)C(O)C1O. The average Bonchev–Trinajstić information content (AvgIpc) is 3.54. The number of aliphatic carboxylic acids is 1. The number of hydrogen-bond donors (Lipinski definition) is 15. The fraction of sp³-hybridized carbons (Fsp3) is 0.943. The van der Waals surface area contributed by atoms with Gasteiger partial charge in [-0.3, -0.25) is 0 Å². The van der Waals surface area contributed by atoms with Crippen LogP contribution in [0, 0.1) is 50.2 Å². The maximum Gasteiger partial charge on any atom is 0.335 e. The van der Waals surface area contributed by atoms with Gasteiger partial charge in [0.2, 0.25) is 0 Å². The third-order valence-electron chi connectivity index (χ3n) is 21.7. The highest BCUT2D eigenvalue weighted by molar-refractivity contribution is 5.73. The molecule has 442 valence electrons. The van der Waals surface area contributed by atoms with Crippen molar-refractivity contribution >= 4 is 5.97 Å². The van der Waals surface area contributed by atoms with Crippen LogP contribution in [0.1, 0.15) is 99.8 Å². The molecule has 0 aromatic heterocycles. The molecule has 15 N–H and O–H groups in total. The Kier molecular flexibility index (Phi) is 16.7. The van der Waals surface area contributed by atoms with E-state index in [1.54, 1.807) is 0 Å². The van der Waals surface area contributed by atoms with Crippen molar-refractivity contribution in [3.8, 4) is 0 Å². The summed E-state index contributed by atoms with van der Waals surface area (Å²) in [6, 6.07) is 0. The van der Waals surface area contributed by atoms with Crippen molar-refractivity contribution in [3.63, 3.8) is 0 Å². The second kappa shape index (κ2) is 21.5. The monoisotopic (exact) mass is 1110 g/mol. The molecule has 9 aliphatic rings. The Morgan fingerprint density at radius 1 is 0.623 bits per heavy atom. The van der Waals surface area contributed by atoms with Gasteiger partial charge in [-0.05, 0) is 92.3 Å². The summed E-state index contributed by atoms with van der Waals surface area (Å²) in [6.07, 6.45) is -28.9. The summed E-state index contributed by atoms with van der Waals surface area (Å²) in [4.78, 5) is 12.6. The summed E-state index contributed by atoms with van der Waals surface area (Å²) in [6.45, 7) is 12.2. The molecule has 8 fully saturated rings. The molecule has 77 heavy (non-hydrogen) atoms. The predicted molar refractivity (Wildman–Crippen MR) is 260 cm³/mol. The highest BCUT2D eigenvalue weighted by Gasteiger charge is 2.71. The van der Waals surface area contributed by atoms with Crippen LogP contribution in [0.25, 0.3) is 0 Å². The Morgan fingerprint density at radius 2 is 1.26 bits per heavy atom. The Morgan fingerprint density at radius 3 is 1.90 bits per heavy atom. The van der Waals surface area contributed by atoms with Crippen molar-refractivity contribution in [2.75, 3.05) is 26.4 Å². The number of rotatable bonds is 12. The van der Waals surface area contributed by atoms with Crippen molar-refractivity contribution < 1.29 is 119 Å². The van der Waals surface area contributed by atoms with E-state index in [4.69, 9.17) is 37.9 Å². The minimum atomic E-state index is -2.12. The van der Waals surface area contributed by atoms with E-state index < -0.39 is 181 Å². The molecule has 0 aromatic rings. The van der Waals surface area contributed by atoms with Gasteiger partial charge < -0.3 is 114 Å². The largest absolute Gasteiger partial charge is 0.479 e. The number of ether oxygens (including phenoxy) is 8. The zero-order valence-electron chi connectivity index (χ0n) is 44.9. The molecule has 9 rings (SSSR count). The zero-order chi connectivity index (χ0) is 56.4. The van der Waals surface area contributed by atoms with Gasteiger partial charge in [-0.15, -0.1) is 0 Å². The van der Waals surface area contributed by atoms with Crippen molar-refractivity contribution in [2.45, 2.75) is 235 Å². The van der Waals surface area contributed by atoms with Gasteiger partial charge in [0.05, 0.1) is 50.8 Å². The third-order valence-corrected chi connectivity index (χ3v) is 21.7. The second-order valence-electron chi connectivity index (χ2n) is 25.8. The predicted octanol–water partition coefficient (Wildman–Crippen LogP) is -2.89. The third kappa shape index (κ3) is 9.41. The molecule has 31 unspecified atom stereocenters. The summed E-state index contributed by atoms with van der Waals surface area (Å²) in [5.41, 5.74) is -2.72. The quantitative estimate of drug-likeness (QED) is 0.0689. The molecule has 31 atom stereocenters. The molecule has 0 aromatic carbocycles. The molecule has 24 nitrogen and oxygen atoms in total. The van der Waals surface area contributed by atoms with E-state index in [0.717, 1.165) is 0 Å². The highest BCUT2D eigenvalue weighted by atomic mass is 16.8. The van der Waals surface area contributed by atoms with Crippen LogP contribution in [0.3, 0.4) is 0 Å². The van der Waals surface area contributed by atoms with Gasteiger partial charge in [-0.1, -0.05) is 53.2 Å². The number of aliphatic hydroxyl groups excluding tert-OH is 14. The lowest BCUT2D eigenvalue weighted by molar-refractivity contribution is -0.396. The number of fused-ring (bicyclic) bond motifs is 7. The first-order valence-corrected chi connectivity index (χ1v) is 27.5. The van der Waals surface area contributed by atoms with E-state index in [9.17, 15) is 81.4 Å². The Balaban J connectivity index is 0.990. The topological polar surface area (TPSA) is 394 Å². The molecular formula is C53H86O24. The first-order chi connectivity index (χ1) is 36.0. The van der Waals surface area contributed by atoms with Gasteiger partial charge in [0.25, 0.3) is 0 Å².